The number of aromatic nitrogens is 3. The summed E-state index contributed by atoms with van der Waals surface area (Å²) in [5.41, 5.74) is 1.77. The fourth-order valence-corrected chi connectivity index (χ4v) is 2.96. The number of pyridine rings is 1. The third kappa shape index (κ3) is 3.83. The van der Waals surface area contributed by atoms with Gasteiger partial charge >= 0.3 is 5.97 Å². The summed E-state index contributed by atoms with van der Waals surface area (Å²) < 4.78 is 0. The molecule has 0 spiro atoms. The number of carboxylic acid groups (broad SMARTS) is 1. The third-order valence-corrected chi connectivity index (χ3v) is 4.20. The first-order valence-corrected chi connectivity index (χ1v) is 7.87. The maximum Gasteiger partial charge on any atom is 0.306 e. The lowest BCUT2D eigenvalue weighted by atomic mass is 9.86. The summed E-state index contributed by atoms with van der Waals surface area (Å²) in [4.78, 5) is 24.2. The van der Waals surface area contributed by atoms with Gasteiger partial charge in [-0.25, -0.2) is 9.97 Å². The molecule has 2 aromatic rings. The number of rotatable bonds is 4. The molecule has 0 saturated heterocycles. The molecule has 0 atom stereocenters. The molecule has 2 aromatic heterocycles. The second kappa shape index (κ2) is 6.73. The maximum atomic E-state index is 11.0. The zero-order valence-corrected chi connectivity index (χ0v) is 13.1. The van der Waals surface area contributed by atoms with Gasteiger partial charge < -0.3 is 10.4 Å². The van der Waals surface area contributed by atoms with Crippen LogP contribution in [-0.2, 0) is 4.79 Å². The first-order valence-electron chi connectivity index (χ1n) is 7.87. The molecule has 0 aliphatic heterocycles. The Labute approximate surface area is 135 Å². The van der Waals surface area contributed by atoms with Gasteiger partial charge in [0.05, 0.1) is 5.92 Å². The highest BCUT2D eigenvalue weighted by Crippen LogP contribution is 2.27. The smallest absolute Gasteiger partial charge is 0.306 e. The minimum Gasteiger partial charge on any atom is -0.481 e. The average molecular weight is 312 g/mol. The molecule has 120 valence electrons. The lowest BCUT2D eigenvalue weighted by Gasteiger charge is -2.27. The van der Waals surface area contributed by atoms with Crippen molar-refractivity contribution in [3.63, 3.8) is 0 Å². The van der Waals surface area contributed by atoms with E-state index < -0.39 is 5.97 Å². The Morgan fingerprint density at radius 3 is 2.70 bits per heavy atom. The number of nitrogens with zero attached hydrogens (tertiary/aromatic N) is 3. The van der Waals surface area contributed by atoms with Gasteiger partial charge in [0.1, 0.15) is 5.82 Å². The molecule has 6 nitrogen and oxygen atoms in total. The predicted octanol–water partition coefficient (Wildman–Crippen LogP) is 2.90. The van der Waals surface area contributed by atoms with E-state index in [0.29, 0.717) is 18.7 Å². The third-order valence-electron chi connectivity index (χ3n) is 4.20. The summed E-state index contributed by atoms with van der Waals surface area (Å²) in [6.45, 7) is 1.94. The van der Waals surface area contributed by atoms with Crippen LogP contribution < -0.4 is 5.32 Å². The highest BCUT2D eigenvalue weighted by Gasteiger charge is 2.26. The van der Waals surface area contributed by atoms with Crippen molar-refractivity contribution in [2.24, 2.45) is 5.92 Å². The fourth-order valence-electron chi connectivity index (χ4n) is 2.96. The van der Waals surface area contributed by atoms with Crippen molar-refractivity contribution in [2.75, 3.05) is 5.32 Å². The van der Waals surface area contributed by atoms with Gasteiger partial charge in [-0.1, -0.05) is 0 Å². The summed E-state index contributed by atoms with van der Waals surface area (Å²) in [5, 5.41) is 12.5. The molecule has 6 heteroatoms. The van der Waals surface area contributed by atoms with E-state index in [0.717, 1.165) is 29.9 Å². The van der Waals surface area contributed by atoms with E-state index in [1.807, 2.05) is 25.1 Å². The molecule has 2 N–H and O–H groups in total. The molecule has 23 heavy (non-hydrogen) atoms. The van der Waals surface area contributed by atoms with Crippen molar-refractivity contribution >= 4 is 11.8 Å². The minimum absolute atomic E-state index is 0.203. The monoisotopic (exact) mass is 312 g/mol. The number of hydrogen-bond acceptors (Lipinski definition) is 5. The standard InChI is InChI=1S/C17H20N4O2/c1-11-9-15(20-14-6-4-12(5-7-14)17(22)23)21-16(19-11)13-3-2-8-18-10-13/h2-3,8-10,12,14H,4-7H2,1H3,(H,22,23)(H,19,20,21). The Morgan fingerprint density at radius 1 is 1.26 bits per heavy atom. The fraction of sp³-hybridized carbons (Fsp3) is 0.412. The molecule has 3 rings (SSSR count). The molecular formula is C17H20N4O2. The zero-order chi connectivity index (χ0) is 16.2. The Bertz CT molecular complexity index is 682. The molecule has 1 aliphatic rings. The van der Waals surface area contributed by atoms with Crippen LogP contribution in [0.5, 0.6) is 0 Å². The molecule has 0 radical (unpaired) electrons. The van der Waals surface area contributed by atoms with Crippen molar-refractivity contribution in [3.8, 4) is 11.4 Å². The Hall–Kier alpha value is -2.50. The molecule has 0 bridgehead atoms. The van der Waals surface area contributed by atoms with Gasteiger partial charge in [-0.05, 0) is 44.7 Å². The average Bonchev–Trinajstić information content (AvgIpc) is 2.55. The number of carbonyl (C=O) groups is 1. The largest absolute Gasteiger partial charge is 0.481 e. The van der Waals surface area contributed by atoms with Gasteiger partial charge in [0.15, 0.2) is 5.82 Å². The van der Waals surface area contributed by atoms with Gasteiger partial charge in [0, 0.05) is 35.8 Å². The van der Waals surface area contributed by atoms with Crippen molar-refractivity contribution in [1.82, 2.24) is 15.0 Å². The van der Waals surface area contributed by atoms with Gasteiger partial charge in [-0.2, -0.15) is 0 Å². The first-order chi connectivity index (χ1) is 11.1. The number of carboxylic acids is 1. The van der Waals surface area contributed by atoms with Gasteiger partial charge in [0.25, 0.3) is 0 Å². The molecule has 0 unspecified atom stereocenters. The number of anilines is 1. The summed E-state index contributed by atoms with van der Waals surface area (Å²) in [6, 6.07) is 5.98. The van der Waals surface area contributed by atoms with Crippen LogP contribution in [0.3, 0.4) is 0 Å². The van der Waals surface area contributed by atoms with E-state index in [4.69, 9.17) is 5.11 Å². The van der Waals surface area contributed by atoms with Crippen molar-refractivity contribution in [3.05, 3.63) is 36.3 Å². The van der Waals surface area contributed by atoms with E-state index in [1.165, 1.54) is 0 Å². The summed E-state index contributed by atoms with van der Waals surface area (Å²) in [5.74, 6) is 0.557. The van der Waals surface area contributed by atoms with Crippen LogP contribution in [0.25, 0.3) is 11.4 Å². The molecule has 1 fully saturated rings. The highest BCUT2D eigenvalue weighted by molar-refractivity contribution is 5.70. The quantitative estimate of drug-likeness (QED) is 0.902. The molecule has 0 aromatic carbocycles. The maximum absolute atomic E-state index is 11.0. The second-order valence-electron chi connectivity index (χ2n) is 5.99. The first kappa shape index (κ1) is 15.4. The second-order valence-corrected chi connectivity index (χ2v) is 5.99. The van der Waals surface area contributed by atoms with Crippen LogP contribution in [0.2, 0.25) is 0 Å². The van der Waals surface area contributed by atoms with Crippen LogP contribution in [-0.4, -0.2) is 32.1 Å². The van der Waals surface area contributed by atoms with E-state index >= 15 is 0 Å². The Balaban J connectivity index is 1.72. The van der Waals surface area contributed by atoms with E-state index in [9.17, 15) is 4.79 Å². The van der Waals surface area contributed by atoms with E-state index in [-0.39, 0.29) is 12.0 Å². The van der Waals surface area contributed by atoms with Crippen LogP contribution in [0.1, 0.15) is 31.4 Å². The normalized spacial score (nSPS) is 20.9. The minimum atomic E-state index is -0.680. The predicted molar refractivity (Wildman–Crippen MR) is 87.0 cm³/mol. The van der Waals surface area contributed by atoms with Gasteiger partial charge in [-0.15, -0.1) is 0 Å². The molecule has 1 aliphatic carbocycles. The topological polar surface area (TPSA) is 88.0 Å². The van der Waals surface area contributed by atoms with Crippen LogP contribution >= 0.6 is 0 Å². The molecular weight excluding hydrogens is 292 g/mol. The molecule has 2 heterocycles. The van der Waals surface area contributed by atoms with Crippen molar-refractivity contribution in [2.45, 2.75) is 38.6 Å². The lowest BCUT2D eigenvalue weighted by Crippen LogP contribution is -2.29. The summed E-state index contributed by atoms with van der Waals surface area (Å²) >= 11 is 0. The Morgan fingerprint density at radius 2 is 2.04 bits per heavy atom. The SMILES string of the molecule is Cc1cc(NC2CCC(C(=O)O)CC2)nc(-c2cccnc2)n1. The van der Waals surface area contributed by atoms with Gasteiger partial charge in [0.2, 0.25) is 0 Å². The van der Waals surface area contributed by atoms with Crippen LogP contribution in [0.4, 0.5) is 5.82 Å². The lowest BCUT2D eigenvalue weighted by molar-refractivity contribution is -0.142. The highest BCUT2D eigenvalue weighted by atomic mass is 16.4. The number of aliphatic carboxylic acids is 1. The number of hydrogen-bond donors (Lipinski definition) is 2. The van der Waals surface area contributed by atoms with E-state index in [2.05, 4.69) is 20.3 Å². The van der Waals surface area contributed by atoms with Crippen LogP contribution in [0.15, 0.2) is 30.6 Å². The van der Waals surface area contributed by atoms with E-state index in [1.54, 1.807) is 12.4 Å². The van der Waals surface area contributed by atoms with Gasteiger partial charge in [-0.3, -0.25) is 9.78 Å². The summed E-state index contributed by atoms with van der Waals surface area (Å²) in [7, 11) is 0. The molecule has 0 amide bonds. The number of aryl methyl sites for hydroxylation is 1. The number of nitrogens with one attached hydrogen (secondary N) is 1. The van der Waals surface area contributed by atoms with Crippen molar-refractivity contribution < 1.29 is 9.90 Å². The summed E-state index contributed by atoms with van der Waals surface area (Å²) in [6.07, 6.45) is 6.60. The van der Waals surface area contributed by atoms with Crippen molar-refractivity contribution in [1.29, 1.82) is 0 Å². The Kier molecular flexibility index (Phi) is 4.50. The van der Waals surface area contributed by atoms with Crippen LogP contribution in [0, 0.1) is 12.8 Å². The zero-order valence-electron chi connectivity index (χ0n) is 13.1. The molecule has 1 saturated carbocycles.